The van der Waals surface area contributed by atoms with Crippen molar-refractivity contribution in [3.8, 4) is 0 Å². The summed E-state index contributed by atoms with van der Waals surface area (Å²) in [6.45, 7) is 6.57. The summed E-state index contributed by atoms with van der Waals surface area (Å²) < 4.78 is 23.4. The Balaban J connectivity index is 2.51. The Hall–Kier alpha value is 3.43. The maximum absolute atomic E-state index is 6.15. The highest BCUT2D eigenvalue weighted by Gasteiger charge is 2.35. The molecule has 0 bridgehead atoms. The van der Waals surface area contributed by atoms with Crippen molar-refractivity contribution in [1.82, 2.24) is 5.48 Å². The molecule has 9 atom stereocenters. The van der Waals surface area contributed by atoms with Gasteiger partial charge in [-0.2, -0.15) is 5.48 Å². The summed E-state index contributed by atoms with van der Waals surface area (Å²) in [5.41, 5.74) is 2.96. The lowest BCUT2D eigenvalue weighted by Gasteiger charge is -2.37. The Labute approximate surface area is 155 Å². The fraction of sp³-hybridized carbons (Fsp3) is 1.00. The van der Waals surface area contributed by atoms with Crippen molar-refractivity contribution in [2.75, 3.05) is 26.6 Å². The molecule has 1 N–H and O–H groups in total. The number of rotatable bonds is 10. The van der Waals surface area contributed by atoms with Gasteiger partial charge in [0.15, 0.2) is 0 Å². The normalized spacial score (nSPS) is 30.0. The van der Waals surface area contributed by atoms with E-state index < -0.39 is 14.7 Å². The van der Waals surface area contributed by atoms with Gasteiger partial charge in [-0.1, -0.05) is 47.8 Å². The number of nitrogens with one attached hydrogen (secondary N) is 1. The summed E-state index contributed by atoms with van der Waals surface area (Å²) in [6, 6.07) is 0. The average Bonchev–Trinajstić information content (AvgIpc) is 2.49. The monoisotopic (exact) mass is 479 g/mol. The minimum absolute atomic E-state index is 0.0188. The molecule has 1 aliphatic heterocycles. The molecule has 1 saturated heterocycles. The van der Waals surface area contributed by atoms with Gasteiger partial charge >= 0.3 is 0 Å². The molecule has 1 fully saturated rings. The van der Waals surface area contributed by atoms with Crippen molar-refractivity contribution in [3.63, 3.8) is 0 Å². The molecule has 5 nitrogen and oxygen atoms in total. The van der Waals surface area contributed by atoms with Crippen LogP contribution in [-0.4, -0.2) is 45.0 Å². The van der Waals surface area contributed by atoms with Gasteiger partial charge in [0.05, 0.1) is 27.4 Å². The molecule has 0 saturated carbocycles. The summed E-state index contributed by atoms with van der Waals surface area (Å²) in [6.07, 6.45) is 0.543. The van der Waals surface area contributed by atoms with E-state index in [-0.39, 0.29) is 25.2 Å². The van der Waals surface area contributed by atoms with E-state index in [2.05, 4.69) is 51.3 Å². The minimum atomic E-state index is -0.534. The fourth-order valence-electron chi connectivity index (χ4n) is 1.61. The molecule has 0 aliphatic carbocycles. The van der Waals surface area contributed by atoms with Crippen LogP contribution >= 0.6 is 81.0 Å². The van der Waals surface area contributed by atoms with E-state index in [0.717, 1.165) is 0 Å². The predicted molar refractivity (Wildman–Crippen MR) is 119 cm³/mol. The molecule has 0 aromatic carbocycles. The Kier molecular flexibility index (Phi) is 14.5. The highest BCUT2D eigenvalue weighted by Crippen LogP contribution is 2.56. The molecule has 132 valence electrons. The largest absolute Gasteiger partial charge is 0.358 e. The van der Waals surface area contributed by atoms with Gasteiger partial charge in [-0.05, 0) is 20.0 Å². The van der Waals surface area contributed by atoms with Gasteiger partial charge in [0.25, 0.3) is 0 Å². The molecule has 14 heteroatoms. The standard InChI is InChI=1S/C8H23NO4P6S3/c1-17(21-15)11-6-4-8(9-13-20-19(3)14)10-5-7(6)12-18(2)22-16/h6-9H,4-5,14-16H2,1-3H3/t6-,7+,8?,17?,18?,19?/m0/s1. The second-order valence-electron chi connectivity index (χ2n) is 4.26. The van der Waals surface area contributed by atoms with Crippen LogP contribution in [0.1, 0.15) is 6.42 Å². The molecule has 0 radical (unpaired) electrons. The van der Waals surface area contributed by atoms with Crippen LogP contribution in [0, 0.1) is 0 Å². The predicted octanol–water partition coefficient (Wildman–Crippen LogP) is 5.42. The number of hydroxylamine groups is 1. The van der Waals surface area contributed by atoms with Crippen LogP contribution < -0.4 is 5.48 Å². The Morgan fingerprint density at radius 1 is 1.09 bits per heavy atom. The molecule has 1 heterocycles. The van der Waals surface area contributed by atoms with E-state index in [1.54, 1.807) is 22.0 Å². The van der Waals surface area contributed by atoms with Crippen molar-refractivity contribution < 1.29 is 18.1 Å². The third-order valence-corrected chi connectivity index (χ3v) is 14.0. The van der Waals surface area contributed by atoms with Crippen molar-refractivity contribution in [3.05, 3.63) is 0 Å². The molecule has 22 heavy (non-hydrogen) atoms. The summed E-state index contributed by atoms with van der Waals surface area (Å²) in [5.74, 6) is 0. The van der Waals surface area contributed by atoms with Crippen molar-refractivity contribution >= 4 is 81.0 Å². The zero-order valence-electron chi connectivity index (χ0n) is 12.6. The second kappa shape index (κ2) is 13.6. The van der Waals surface area contributed by atoms with E-state index in [1.165, 1.54) is 11.7 Å². The van der Waals surface area contributed by atoms with E-state index in [9.17, 15) is 0 Å². The molecular weight excluding hydrogens is 456 g/mol. The highest BCUT2D eigenvalue weighted by molar-refractivity contribution is 8.78. The van der Waals surface area contributed by atoms with Gasteiger partial charge in [0.1, 0.15) is 12.3 Å². The van der Waals surface area contributed by atoms with Crippen LogP contribution in [0.15, 0.2) is 0 Å². The van der Waals surface area contributed by atoms with Gasteiger partial charge in [0, 0.05) is 24.9 Å². The summed E-state index contributed by atoms with van der Waals surface area (Å²) in [5, 5.41) is 0. The van der Waals surface area contributed by atoms with Crippen LogP contribution in [0.5, 0.6) is 0 Å². The molecule has 0 aromatic heterocycles. The maximum Gasteiger partial charge on any atom is 0.134 e. The van der Waals surface area contributed by atoms with Crippen LogP contribution in [0.3, 0.4) is 0 Å². The summed E-state index contributed by atoms with van der Waals surface area (Å²) in [7, 11) is 6.98. The van der Waals surface area contributed by atoms with Crippen LogP contribution in [0.25, 0.3) is 0 Å². The van der Waals surface area contributed by atoms with Gasteiger partial charge < -0.3 is 13.8 Å². The first kappa shape index (κ1) is 23.5. The lowest BCUT2D eigenvalue weighted by atomic mass is 10.1. The third kappa shape index (κ3) is 9.94. The smallest absolute Gasteiger partial charge is 0.134 e. The lowest BCUT2D eigenvalue weighted by molar-refractivity contribution is -0.132. The maximum atomic E-state index is 6.15. The number of ether oxygens (including phenoxy) is 1. The first-order valence-electron chi connectivity index (χ1n) is 6.20. The molecule has 1 aliphatic rings. The molecule has 0 amide bonds. The SMILES string of the molecule is CP(P)SONC1C[C@H](OP(C)SP)[C@H](OP(C)SP)CO1. The molecular formula is C8H23NO4P6S3. The van der Waals surface area contributed by atoms with Gasteiger partial charge in [-0.3, -0.25) is 0 Å². The van der Waals surface area contributed by atoms with E-state index in [0.29, 0.717) is 13.0 Å². The minimum Gasteiger partial charge on any atom is -0.358 e. The Bertz CT molecular complexity index is 313. The summed E-state index contributed by atoms with van der Waals surface area (Å²) in [4.78, 5) is 0. The van der Waals surface area contributed by atoms with Crippen molar-refractivity contribution in [2.24, 2.45) is 0 Å². The van der Waals surface area contributed by atoms with E-state index in [4.69, 9.17) is 18.1 Å². The molecule has 7 unspecified atom stereocenters. The van der Waals surface area contributed by atoms with Crippen molar-refractivity contribution in [2.45, 2.75) is 24.9 Å². The van der Waals surface area contributed by atoms with E-state index >= 15 is 0 Å². The van der Waals surface area contributed by atoms with Crippen molar-refractivity contribution in [1.29, 1.82) is 0 Å². The second-order valence-corrected chi connectivity index (χ2v) is 22.0. The molecule has 0 aromatic rings. The first-order valence-corrected chi connectivity index (χ1v) is 20.2. The van der Waals surface area contributed by atoms with Gasteiger partial charge in [0.2, 0.25) is 0 Å². The average molecular weight is 479 g/mol. The fourth-order valence-corrected chi connectivity index (χ4v) is 5.88. The number of hydrogen-bond acceptors (Lipinski definition) is 8. The van der Waals surface area contributed by atoms with Gasteiger partial charge in [-0.15, -0.1) is 0 Å². The zero-order chi connectivity index (χ0) is 16.5. The zero-order valence-corrected chi connectivity index (χ0v) is 21.2. The lowest BCUT2D eigenvalue weighted by Crippen LogP contribution is -2.47. The summed E-state index contributed by atoms with van der Waals surface area (Å²) >= 11 is 4.75. The van der Waals surface area contributed by atoms with Crippen LogP contribution in [0.4, 0.5) is 0 Å². The third-order valence-electron chi connectivity index (χ3n) is 2.52. The quantitative estimate of drug-likeness (QED) is 0.253. The van der Waals surface area contributed by atoms with Crippen LogP contribution in [-0.2, 0) is 18.1 Å². The van der Waals surface area contributed by atoms with Gasteiger partial charge in [-0.25, -0.2) is 4.28 Å². The highest BCUT2D eigenvalue weighted by atomic mass is 33.1. The van der Waals surface area contributed by atoms with E-state index in [1.807, 2.05) is 0 Å². The topological polar surface area (TPSA) is 49.0 Å². The first-order chi connectivity index (χ1) is 10.5. The Morgan fingerprint density at radius 3 is 2.23 bits per heavy atom. The molecule has 1 rings (SSSR count). The Morgan fingerprint density at radius 2 is 1.68 bits per heavy atom. The van der Waals surface area contributed by atoms with Crippen LogP contribution in [0.2, 0.25) is 0 Å². The number of hydrogen-bond donors (Lipinski definition) is 1. The molecule has 0 spiro atoms.